The van der Waals surface area contributed by atoms with Gasteiger partial charge in [0.05, 0.1) is 6.10 Å². The molecule has 1 aromatic carbocycles. The van der Waals surface area contributed by atoms with E-state index in [0.717, 1.165) is 10.0 Å². The van der Waals surface area contributed by atoms with Crippen LogP contribution < -0.4 is 5.73 Å². The van der Waals surface area contributed by atoms with Gasteiger partial charge in [0.25, 0.3) is 5.89 Å². The van der Waals surface area contributed by atoms with E-state index in [0.29, 0.717) is 23.8 Å². The Kier molecular flexibility index (Phi) is 3.98. The first-order chi connectivity index (χ1) is 8.58. The van der Waals surface area contributed by atoms with Crippen LogP contribution in [0.4, 0.5) is 5.69 Å². The Hall–Kier alpha value is -1.40. The lowest BCUT2D eigenvalue weighted by Crippen LogP contribution is -2.09. The zero-order valence-electron chi connectivity index (χ0n) is 10.2. The fraction of sp³-hybridized carbons (Fsp3) is 0.333. The second kappa shape index (κ2) is 5.49. The van der Waals surface area contributed by atoms with Gasteiger partial charge in [-0.25, -0.2) is 0 Å². The molecule has 0 amide bonds. The summed E-state index contributed by atoms with van der Waals surface area (Å²) in [7, 11) is 1.65. The molecule has 0 saturated heterocycles. The standard InChI is InChI=1S/C12H14BrN3O2/c1-7(17-2)3-11-15-12(18-16-11)8-4-9(13)6-10(14)5-8/h4-7H,3,14H2,1-2H3. The Labute approximate surface area is 113 Å². The molecule has 96 valence electrons. The van der Waals surface area contributed by atoms with Gasteiger partial charge < -0.3 is 15.0 Å². The molecular formula is C12H14BrN3O2. The summed E-state index contributed by atoms with van der Waals surface area (Å²) in [5.74, 6) is 1.08. The second-order valence-electron chi connectivity index (χ2n) is 4.04. The van der Waals surface area contributed by atoms with E-state index in [9.17, 15) is 0 Å². The van der Waals surface area contributed by atoms with Crippen molar-refractivity contribution >= 4 is 21.6 Å². The van der Waals surface area contributed by atoms with Gasteiger partial charge in [0.15, 0.2) is 5.82 Å². The van der Waals surface area contributed by atoms with Crippen molar-refractivity contribution in [2.75, 3.05) is 12.8 Å². The number of hydrogen-bond donors (Lipinski definition) is 1. The molecule has 0 aliphatic carbocycles. The van der Waals surface area contributed by atoms with Crippen LogP contribution in [0.2, 0.25) is 0 Å². The summed E-state index contributed by atoms with van der Waals surface area (Å²) in [6.07, 6.45) is 0.673. The molecule has 0 aliphatic heterocycles. The third-order valence-corrected chi connectivity index (χ3v) is 2.97. The Morgan fingerprint density at radius 2 is 2.22 bits per heavy atom. The van der Waals surface area contributed by atoms with Crippen molar-refractivity contribution in [3.05, 3.63) is 28.5 Å². The van der Waals surface area contributed by atoms with Crippen LogP contribution in [0.5, 0.6) is 0 Å². The van der Waals surface area contributed by atoms with E-state index >= 15 is 0 Å². The van der Waals surface area contributed by atoms with E-state index in [1.165, 1.54) is 0 Å². The van der Waals surface area contributed by atoms with Gasteiger partial charge in [-0.3, -0.25) is 0 Å². The third kappa shape index (κ3) is 3.08. The number of nitrogens with zero attached hydrogens (tertiary/aromatic N) is 2. The van der Waals surface area contributed by atoms with Gasteiger partial charge in [0.1, 0.15) is 0 Å². The van der Waals surface area contributed by atoms with Crippen molar-refractivity contribution in [3.8, 4) is 11.5 Å². The molecule has 0 radical (unpaired) electrons. The molecule has 0 fully saturated rings. The van der Waals surface area contributed by atoms with Crippen molar-refractivity contribution in [2.45, 2.75) is 19.4 Å². The number of anilines is 1. The normalized spacial score (nSPS) is 12.6. The van der Waals surface area contributed by atoms with Crippen molar-refractivity contribution in [2.24, 2.45) is 0 Å². The summed E-state index contributed by atoms with van der Waals surface area (Å²) in [4.78, 5) is 4.32. The molecule has 5 nitrogen and oxygen atoms in total. The van der Waals surface area contributed by atoms with Gasteiger partial charge in [-0.15, -0.1) is 0 Å². The van der Waals surface area contributed by atoms with Crippen molar-refractivity contribution in [1.29, 1.82) is 0 Å². The fourth-order valence-electron chi connectivity index (χ4n) is 1.53. The molecule has 2 aromatic rings. The maximum atomic E-state index is 5.77. The first-order valence-electron chi connectivity index (χ1n) is 5.50. The molecule has 0 bridgehead atoms. The lowest BCUT2D eigenvalue weighted by Gasteiger charge is -2.04. The summed E-state index contributed by atoms with van der Waals surface area (Å²) in [5.41, 5.74) is 7.21. The van der Waals surface area contributed by atoms with Crippen LogP contribution in [-0.4, -0.2) is 23.4 Å². The molecule has 0 spiro atoms. The van der Waals surface area contributed by atoms with E-state index in [-0.39, 0.29) is 6.10 Å². The number of halogens is 1. The Morgan fingerprint density at radius 1 is 1.44 bits per heavy atom. The van der Waals surface area contributed by atoms with Crippen LogP contribution in [0.25, 0.3) is 11.5 Å². The molecule has 6 heteroatoms. The summed E-state index contributed by atoms with van der Waals surface area (Å²) in [6.45, 7) is 1.95. The zero-order valence-corrected chi connectivity index (χ0v) is 11.8. The van der Waals surface area contributed by atoms with Gasteiger partial charge in [0.2, 0.25) is 0 Å². The molecule has 1 aromatic heterocycles. The molecule has 18 heavy (non-hydrogen) atoms. The van der Waals surface area contributed by atoms with E-state index in [1.54, 1.807) is 13.2 Å². The molecule has 2 N–H and O–H groups in total. The van der Waals surface area contributed by atoms with Gasteiger partial charge in [-0.05, 0) is 25.1 Å². The van der Waals surface area contributed by atoms with Crippen LogP contribution in [0, 0.1) is 0 Å². The van der Waals surface area contributed by atoms with Crippen molar-refractivity contribution in [3.63, 3.8) is 0 Å². The predicted octanol–water partition coefficient (Wildman–Crippen LogP) is 2.66. The molecule has 1 atom stereocenters. The summed E-state index contributed by atoms with van der Waals surface area (Å²) >= 11 is 3.38. The average molecular weight is 312 g/mol. The molecular weight excluding hydrogens is 298 g/mol. The number of methoxy groups -OCH3 is 1. The van der Waals surface area contributed by atoms with Gasteiger partial charge in [-0.2, -0.15) is 4.98 Å². The van der Waals surface area contributed by atoms with Crippen molar-refractivity contribution < 1.29 is 9.26 Å². The maximum Gasteiger partial charge on any atom is 0.258 e. The maximum absolute atomic E-state index is 5.77. The number of rotatable bonds is 4. The SMILES string of the molecule is COC(C)Cc1noc(-c2cc(N)cc(Br)c2)n1. The number of hydrogen-bond acceptors (Lipinski definition) is 5. The van der Waals surface area contributed by atoms with E-state index in [2.05, 4.69) is 26.1 Å². The monoisotopic (exact) mass is 311 g/mol. The first-order valence-corrected chi connectivity index (χ1v) is 6.29. The molecule has 1 unspecified atom stereocenters. The minimum atomic E-state index is 0.0584. The number of aromatic nitrogens is 2. The predicted molar refractivity (Wildman–Crippen MR) is 72.0 cm³/mol. The summed E-state index contributed by atoms with van der Waals surface area (Å²) in [6, 6.07) is 5.49. The zero-order chi connectivity index (χ0) is 13.1. The highest BCUT2D eigenvalue weighted by Gasteiger charge is 2.12. The van der Waals surface area contributed by atoms with Gasteiger partial charge in [0, 0.05) is 29.3 Å². The summed E-state index contributed by atoms with van der Waals surface area (Å²) in [5, 5.41) is 3.92. The largest absolute Gasteiger partial charge is 0.399 e. The van der Waals surface area contributed by atoms with Crippen LogP contribution in [0.15, 0.2) is 27.2 Å². The minimum absolute atomic E-state index is 0.0584. The number of nitrogen functional groups attached to an aromatic ring is 1. The Bertz CT molecular complexity index is 522. The molecule has 0 saturated carbocycles. The van der Waals surface area contributed by atoms with Crippen molar-refractivity contribution in [1.82, 2.24) is 10.1 Å². The van der Waals surface area contributed by atoms with E-state index in [1.807, 2.05) is 19.1 Å². The van der Waals surface area contributed by atoms with Gasteiger partial charge in [-0.1, -0.05) is 21.1 Å². The quantitative estimate of drug-likeness (QED) is 0.879. The summed E-state index contributed by atoms with van der Waals surface area (Å²) < 4.78 is 11.2. The van der Waals surface area contributed by atoms with Crippen LogP contribution in [0.3, 0.4) is 0 Å². The first kappa shape index (κ1) is 13.0. The third-order valence-electron chi connectivity index (χ3n) is 2.51. The minimum Gasteiger partial charge on any atom is -0.399 e. The fourth-order valence-corrected chi connectivity index (χ4v) is 2.04. The highest BCUT2D eigenvalue weighted by molar-refractivity contribution is 9.10. The van der Waals surface area contributed by atoms with E-state index in [4.69, 9.17) is 15.0 Å². The Morgan fingerprint density at radius 3 is 2.89 bits per heavy atom. The number of ether oxygens (including phenoxy) is 1. The topological polar surface area (TPSA) is 74.2 Å². The molecule has 0 aliphatic rings. The highest BCUT2D eigenvalue weighted by Crippen LogP contribution is 2.25. The second-order valence-corrected chi connectivity index (χ2v) is 4.96. The van der Waals surface area contributed by atoms with Gasteiger partial charge >= 0.3 is 0 Å². The average Bonchev–Trinajstić information content (AvgIpc) is 2.76. The highest BCUT2D eigenvalue weighted by atomic mass is 79.9. The molecule has 1 heterocycles. The lowest BCUT2D eigenvalue weighted by molar-refractivity contribution is 0.116. The van der Waals surface area contributed by atoms with Crippen LogP contribution in [-0.2, 0) is 11.2 Å². The van der Waals surface area contributed by atoms with E-state index < -0.39 is 0 Å². The Balaban J connectivity index is 2.23. The lowest BCUT2D eigenvalue weighted by atomic mass is 10.2. The van der Waals surface area contributed by atoms with Crippen LogP contribution >= 0.6 is 15.9 Å². The number of nitrogens with two attached hydrogens (primary N) is 1. The smallest absolute Gasteiger partial charge is 0.258 e. The molecule has 2 rings (SSSR count). The van der Waals surface area contributed by atoms with Crippen LogP contribution in [0.1, 0.15) is 12.7 Å². The number of benzene rings is 1.